The molecule has 2 saturated heterocycles. The van der Waals surface area contributed by atoms with E-state index in [0.717, 1.165) is 0 Å². The zero-order chi connectivity index (χ0) is 21.6. The molecule has 2 aliphatic rings. The van der Waals surface area contributed by atoms with Gasteiger partial charge in [-0.15, -0.1) is 0 Å². The summed E-state index contributed by atoms with van der Waals surface area (Å²) in [6, 6.07) is 11.2. The first-order valence-corrected chi connectivity index (χ1v) is 11.8. The van der Waals surface area contributed by atoms with E-state index in [1.54, 1.807) is 48.5 Å². The number of amides is 1. The smallest absolute Gasteiger partial charge is 0.295 e. The minimum Gasteiger partial charge on any atom is -0.507 e. The van der Waals surface area contributed by atoms with Gasteiger partial charge in [-0.3, -0.25) is 9.59 Å². The molecule has 0 radical (unpaired) electrons. The first-order valence-electron chi connectivity index (χ1n) is 9.20. The van der Waals surface area contributed by atoms with Gasteiger partial charge < -0.3 is 10.0 Å². The van der Waals surface area contributed by atoms with Gasteiger partial charge in [0.2, 0.25) is 0 Å². The summed E-state index contributed by atoms with van der Waals surface area (Å²) in [7, 11) is -3.30. The second-order valence-electron chi connectivity index (χ2n) is 7.32. The van der Waals surface area contributed by atoms with Crippen LogP contribution in [0.25, 0.3) is 5.76 Å². The number of likely N-dealkylation sites (tertiary alicyclic amines) is 1. The van der Waals surface area contributed by atoms with Crippen LogP contribution < -0.4 is 0 Å². The van der Waals surface area contributed by atoms with Crippen LogP contribution in [0.4, 0.5) is 0 Å². The molecule has 2 atom stereocenters. The molecule has 0 unspecified atom stereocenters. The van der Waals surface area contributed by atoms with E-state index in [4.69, 9.17) is 23.2 Å². The first-order chi connectivity index (χ1) is 14.2. The van der Waals surface area contributed by atoms with Crippen molar-refractivity contribution in [2.75, 3.05) is 11.5 Å². The van der Waals surface area contributed by atoms with Gasteiger partial charge in [-0.2, -0.15) is 0 Å². The minimum absolute atomic E-state index is 0.0504. The number of sulfone groups is 1. The van der Waals surface area contributed by atoms with E-state index < -0.39 is 33.6 Å². The Bertz CT molecular complexity index is 1160. The summed E-state index contributed by atoms with van der Waals surface area (Å²) in [5.41, 5.74) is 0.794. The highest BCUT2D eigenvalue weighted by molar-refractivity contribution is 7.91. The third kappa shape index (κ3) is 3.73. The summed E-state index contributed by atoms with van der Waals surface area (Å²) < 4.78 is 24.1. The zero-order valence-electron chi connectivity index (χ0n) is 15.6. The molecule has 1 amide bonds. The Labute approximate surface area is 183 Å². The number of carbonyl (C=O) groups is 2. The fourth-order valence-electron chi connectivity index (χ4n) is 3.96. The van der Waals surface area contributed by atoms with E-state index in [0.29, 0.717) is 21.2 Å². The molecule has 0 saturated carbocycles. The van der Waals surface area contributed by atoms with E-state index in [2.05, 4.69) is 0 Å². The number of carbonyl (C=O) groups excluding carboxylic acids is 2. The molecule has 0 spiro atoms. The van der Waals surface area contributed by atoms with Crippen molar-refractivity contribution in [2.45, 2.75) is 18.5 Å². The Morgan fingerprint density at radius 1 is 0.967 bits per heavy atom. The van der Waals surface area contributed by atoms with Gasteiger partial charge in [0.25, 0.3) is 11.7 Å². The van der Waals surface area contributed by atoms with Crippen LogP contribution in [-0.4, -0.2) is 47.7 Å². The van der Waals surface area contributed by atoms with Crippen molar-refractivity contribution < 1.29 is 23.1 Å². The summed E-state index contributed by atoms with van der Waals surface area (Å²) in [5, 5.41) is 11.9. The maximum Gasteiger partial charge on any atom is 0.295 e. The van der Waals surface area contributed by atoms with E-state index in [9.17, 15) is 23.1 Å². The molecule has 0 aliphatic carbocycles. The lowest BCUT2D eigenvalue weighted by Gasteiger charge is -2.30. The monoisotopic (exact) mass is 465 g/mol. The lowest BCUT2D eigenvalue weighted by Crippen LogP contribution is -2.40. The van der Waals surface area contributed by atoms with Crippen molar-refractivity contribution in [1.29, 1.82) is 0 Å². The van der Waals surface area contributed by atoms with Gasteiger partial charge >= 0.3 is 0 Å². The van der Waals surface area contributed by atoms with E-state index in [-0.39, 0.29) is 29.3 Å². The van der Waals surface area contributed by atoms with Gasteiger partial charge in [0.05, 0.1) is 23.1 Å². The fourth-order valence-corrected chi connectivity index (χ4v) is 5.92. The number of hydrogen-bond acceptors (Lipinski definition) is 5. The number of nitrogens with zero attached hydrogens (tertiary/aromatic N) is 1. The summed E-state index contributed by atoms with van der Waals surface area (Å²) in [6.07, 6.45) is 0.237. The van der Waals surface area contributed by atoms with Crippen LogP contribution in [0.2, 0.25) is 10.0 Å². The van der Waals surface area contributed by atoms with E-state index in [1.165, 1.54) is 4.90 Å². The van der Waals surface area contributed by atoms with Gasteiger partial charge in [0.15, 0.2) is 9.84 Å². The summed E-state index contributed by atoms with van der Waals surface area (Å²) in [4.78, 5) is 27.2. The lowest BCUT2D eigenvalue weighted by molar-refractivity contribution is -0.141. The Kier molecular flexibility index (Phi) is 5.38. The van der Waals surface area contributed by atoms with Gasteiger partial charge in [0.1, 0.15) is 5.76 Å². The molecule has 2 aromatic carbocycles. The first kappa shape index (κ1) is 20.9. The van der Waals surface area contributed by atoms with Crippen molar-refractivity contribution in [2.24, 2.45) is 0 Å². The Morgan fingerprint density at radius 3 is 2.07 bits per heavy atom. The Balaban J connectivity index is 1.88. The van der Waals surface area contributed by atoms with Gasteiger partial charge in [-0.1, -0.05) is 35.3 Å². The summed E-state index contributed by atoms with van der Waals surface area (Å²) in [6.45, 7) is 0. The average Bonchev–Trinajstić information content (AvgIpc) is 3.19. The Morgan fingerprint density at radius 2 is 1.53 bits per heavy atom. The number of ketones is 1. The lowest BCUT2D eigenvalue weighted by atomic mass is 9.95. The topological polar surface area (TPSA) is 91.8 Å². The van der Waals surface area contributed by atoms with Crippen molar-refractivity contribution in [3.63, 3.8) is 0 Å². The van der Waals surface area contributed by atoms with Crippen LogP contribution >= 0.6 is 23.2 Å². The van der Waals surface area contributed by atoms with Crippen molar-refractivity contribution >= 4 is 50.5 Å². The number of Topliss-reactive ketones (excluding diaryl/α,β-unsaturated/α-hetero) is 1. The highest BCUT2D eigenvalue weighted by Gasteiger charge is 2.50. The van der Waals surface area contributed by atoms with Crippen molar-refractivity contribution in [3.05, 3.63) is 75.3 Å². The molecule has 0 bridgehead atoms. The Hall–Kier alpha value is -2.35. The van der Waals surface area contributed by atoms with Crippen LogP contribution in [-0.2, 0) is 19.4 Å². The number of rotatable bonds is 3. The molecular formula is C21H17Cl2NO5S. The van der Waals surface area contributed by atoms with Gasteiger partial charge in [-0.05, 0) is 48.4 Å². The number of halogens is 2. The molecular weight excluding hydrogens is 449 g/mol. The fraction of sp³-hybridized carbons (Fsp3) is 0.238. The highest BCUT2D eigenvalue weighted by Crippen LogP contribution is 2.42. The molecule has 2 heterocycles. The average molecular weight is 466 g/mol. The van der Waals surface area contributed by atoms with Crippen LogP contribution in [0.3, 0.4) is 0 Å². The molecule has 2 aliphatic heterocycles. The number of aliphatic hydroxyl groups excluding tert-OH is 1. The standard InChI is InChI=1S/C21H17Cl2NO5S/c22-14-5-1-12(2-6-14)18-17(19(25)13-3-7-15(23)8-4-13)20(26)21(27)24(18)16-9-10-30(28,29)11-16/h1-8,16,18,25H,9-11H2/b19-17+/t16-,18-/m1/s1. The molecule has 9 heteroatoms. The number of benzene rings is 2. The van der Waals surface area contributed by atoms with Crippen LogP contribution in [0, 0.1) is 0 Å². The maximum atomic E-state index is 13.0. The number of hydrogen-bond donors (Lipinski definition) is 1. The quantitative estimate of drug-likeness (QED) is 0.424. The molecule has 4 rings (SSSR count). The normalized spacial score (nSPS) is 25.1. The van der Waals surface area contributed by atoms with Crippen molar-refractivity contribution in [3.8, 4) is 0 Å². The third-order valence-electron chi connectivity index (χ3n) is 5.39. The molecule has 156 valence electrons. The van der Waals surface area contributed by atoms with Crippen LogP contribution in [0.15, 0.2) is 54.1 Å². The largest absolute Gasteiger partial charge is 0.507 e. The van der Waals surface area contributed by atoms with Gasteiger partial charge in [-0.25, -0.2) is 8.42 Å². The van der Waals surface area contributed by atoms with E-state index >= 15 is 0 Å². The predicted molar refractivity (Wildman–Crippen MR) is 114 cm³/mol. The highest BCUT2D eigenvalue weighted by atomic mass is 35.5. The summed E-state index contributed by atoms with van der Waals surface area (Å²) >= 11 is 11.9. The number of aliphatic hydroxyl groups is 1. The summed E-state index contributed by atoms with van der Waals surface area (Å²) in [5.74, 6) is -2.29. The van der Waals surface area contributed by atoms with E-state index in [1.807, 2.05) is 0 Å². The minimum atomic E-state index is -3.30. The third-order valence-corrected chi connectivity index (χ3v) is 7.64. The zero-order valence-corrected chi connectivity index (χ0v) is 17.9. The van der Waals surface area contributed by atoms with Gasteiger partial charge in [0, 0.05) is 21.7 Å². The molecule has 0 aromatic heterocycles. The molecule has 30 heavy (non-hydrogen) atoms. The van der Waals surface area contributed by atoms with Crippen LogP contribution in [0.5, 0.6) is 0 Å². The maximum absolute atomic E-state index is 13.0. The molecule has 2 aromatic rings. The van der Waals surface area contributed by atoms with Crippen molar-refractivity contribution in [1.82, 2.24) is 4.90 Å². The van der Waals surface area contributed by atoms with Crippen LogP contribution in [0.1, 0.15) is 23.6 Å². The molecule has 6 nitrogen and oxygen atoms in total. The SMILES string of the molecule is O=C1C(=O)N([C@@H]2CCS(=O)(=O)C2)[C@H](c2ccc(Cl)cc2)/C1=C(\O)c1ccc(Cl)cc1. The molecule has 2 fully saturated rings. The second-order valence-corrected chi connectivity index (χ2v) is 10.4. The molecule has 1 N–H and O–H groups in total. The predicted octanol–water partition coefficient (Wildman–Crippen LogP) is 3.60. The second kappa shape index (κ2) is 7.72.